The van der Waals surface area contributed by atoms with Gasteiger partial charge in [-0.15, -0.1) is 0 Å². The van der Waals surface area contributed by atoms with Crippen molar-refractivity contribution in [1.82, 2.24) is 9.78 Å². The molecule has 0 saturated heterocycles. The van der Waals surface area contributed by atoms with Crippen LogP contribution in [0.1, 0.15) is 44.0 Å². The first-order valence-electron chi connectivity index (χ1n) is 7.59. The van der Waals surface area contributed by atoms with E-state index in [1.165, 1.54) is 35.8 Å². The zero-order valence-corrected chi connectivity index (χ0v) is 13.5. The van der Waals surface area contributed by atoms with Crippen LogP contribution in [0.2, 0.25) is 0 Å². The minimum atomic E-state index is 0.310. The van der Waals surface area contributed by atoms with Gasteiger partial charge in [-0.05, 0) is 52.9 Å². The summed E-state index contributed by atoms with van der Waals surface area (Å²) in [4.78, 5) is 0. The number of aromatic nitrogens is 2. The van der Waals surface area contributed by atoms with Crippen LogP contribution in [0.25, 0.3) is 0 Å². The summed E-state index contributed by atoms with van der Waals surface area (Å²) in [7, 11) is 2.03. The van der Waals surface area contributed by atoms with E-state index in [4.69, 9.17) is 5.73 Å². The summed E-state index contributed by atoms with van der Waals surface area (Å²) in [6.07, 6.45) is 7.59. The highest BCUT2D eigenvalue weighted by Crippen LogP contribution is 2.56. The van der Waals surface area contributed by atoms with Crippen LogP contribution in [-0.2, 0) is 19.9 Å². The van der Waals surface area contributed by atoms with Crippen LogP contribution in [0, 0.1) is 17.8 Å². The quantitative estimate of drug-likeness (QED) is 0.924. The van der Waals surface area contributed by atoms with Gasteiger partial charge in [0, 0.05) is 19.5 Å². The lowest BCUT2D eigenvalue weighted by Gasteiger charge is -2.12. The smallest absolute Gasteiger partial charge is 0.0766 e. The Morgan fingerprint density at radius 1 is 1.37 bits per heavy atom. The molecule has 3 nitrogen and oxygen atoms in total. The molecule has 2 aliphatic rings. The SMILES string of the molecule is CCc1nn(C)c(CC(N)C2C3CCCCC32)c1Br. The Morgan fingerprint density at radius 2 is 2.00 bits per heavy atom. The first kappa shape index (κ1) is 13.6. The molecule has 1 aromatic rings. The number of nitrogens with zero attached hydrogens (tertiary/aromatic N) is 2. The Morgan fingerprint density at radius 3 is 2.53 bits per heavy atom. The lowest BCUT2D eigenvalue weighted by Crippen LogP contribution is -2.28. The number of halogens is 1. The van der Waals surface area contributed by atoms with Crippen LogP contribution in [0.4, 0.5) is 0 Å². The first-order valence-corrected chi connectivity index (χ1v) is 8.38. The normalized spacial score (nSPS) is 31.1. The second kappa shape index (κ2) is 5.21. The van der Waals surface area contributed by atoms with E-state index in [1.54, 1.807) is 0 Å². The van der Waals surface area contributed by atoms with Gasteiger partial charge in [-0.3, -0.25) is 4.68 Å². The lowest BCUT2D eigenvalue weighted by molar-refractivity contribution is 0.480. The maximum Gasteiger partial charge on any atom is 0.0766 e. The molecule has 0 aromatic carbocycles. The molecule has 1 aromatic heterocycles. The van der Waals surface area contributed by atoms with Gasteiger partial charge < -0.3 is 5.73 Å². The standard InChI is InChI=1S/C15H24BrN3/c1-3-12-15(16)13(19(2)18-12)8-11(17)14-9-6-4-5-7-10(9)14/h9-11,14H,3-8,17H2,1-2H3. The number of nitrogens with two attached hydrogens (primary N) is 1. The summed E-state index contributed by atoms with van der Waals surface area (Å²) >= 11 is 3.70. The van der Waals surface area contributed by atoms with Crippen molar-refractivity contribution in [2.45, 2.75) is 51.5 Å². The summed E-state index contributed by atoms with van der Waals surface area (Å²) in [6, 6.07) is 0.310. The Balaban J connectivity index is 1.70. The molecule has 4 heteroatoms. The summed E-state index contributed by atoms with van der Waals surface area (Å²) in [5.74, 6) is 2.64. The maximum absolute atomic E-state index is 6.50. The van der Waals surface area contributed by atoms with Crippen LogP contribution in [0.5, 0.6) is 0 Å². The Bertz CT molecular complexity index is 456. The predicted octanol–water partition coefficient (Wildman–Crippen LogP) is 3.05. The molecule has 3 atom stereocenters. The van der Waals surface area contributed by atoms with Gasteiger partial charge >= 0.3 is 0 Å². The van der Waals surface area contributed by atoms with Crippen LogP contribution < -0.4 is 5.73 Å². The fourth-order valence-corrected chi connectivity index (χ4v) is 4.86. The van der Waals surface area contributed by atoms with Crippen LogP contribution in [0.15, 0.2) is 4.47 Å². The fraction of sp³-hybridized carbons (Fsp3) is 0.800. The number of fused-ring (bicyclic) bond motifs is 1. The van der Waals surface area contributed by atoms with E-state index in [2.05, 4.69) is 28.0 Å². The van der Waals surface area contributed by atoms with Gasteiger partial charge in [0.25, 0.3) is 0 Å². The predicted molar refractivity (Wildman–Crippen MR) is 80.9 cm³/mol. The van der Waals surface area contributed by atoms with Gasteiger partial charge in [-0.2, -0.15) is 5.10 Å². The third-order valence-electron chi connectivity index (χ3n) is 5.15. The second-order valence-electron chi connectivity index (χ2n) is 6.24. The van der Waals surface area contributed by atoms with Crippen molar-refractivity contribution in [2.24, 2.45) is 30.5 Å². The van der Waals surface area contributed by atoms with Gasteiger partial charge in [-0.1, -0.05) is 19.8 Å². The van der Waals surface area contributed by atoms with Gasteiger partial charge in [-0.25, -0.2) is 0 Å². The molecule has 0 bridgehead atoms. The molecule has 2 N–H and O–H groups in total. The summed E-state index contributed by atoms with van der Waals surface area (Å²) in [5.41, 5.74) is 8.92. The van der Waals surface area contributed by atoms with E-state index in [9.17, 15) is 0 Å². The molecule has 1 heterocycles. The summed E-state index contributed by atoms with van der Waals surface area (Å²) < 4.78 is 3.19. The molecule has 2 saturated carbocycles. The van der Waals surface area contributed by atoms with Crippen LogP contribution in [0.3, 0.4) is 0 Å². The van der Waals surface area contributed by atoms with E-state index in [0.717, 1.165) is 36.3 Å². The molecule has 106 valence electrons. The molecule has 3 unspecified atom stereocenters. The Kier molecular flexibility index (Phi) is 3.73. The maximum atomic E-state index is 6.50. The highest BCUT2D eigenvalue weighted by molar-refractivity contribution is 9.10. The summed E-state index contributed by atoms with van der Waals surface area (Å²) in [5, 5.41) is 4.57. The fourth-order valence-electron chi connectivity index (χ4n) is 4.08. The van der Waals surface area contributed by atoms with E-state index in [0.29, 0.717) is 6.04 Å². The molecule has 2 fully saturated rings. The third-order valence-corrected chi connectivity index (χ3v) is 6.06. The molecule has 0 aliphatic heterocycles. The first-order chi connectivity index (χ1) is 9.13. The molecular formula is C15H24BrN3. The molecule has 0 amide bonds. The molecule has 2 aliphatic carbocycles. The van der Waals surface area contributed by atoms with Crippen molar-refractivity contribution < 1.29 is 0 Å². The number of hydrogen-bond acceptors (Lipinski definition) is 2. The summed E-state index contributed by atoms with van der Waals surface area (Å²) in [6.45, 7) is 2.15. The van der Waals surface area contributed by atoms with Crippen molar-refractivity contribution in [3.63, 3.8) is 0 Å². The van der Waals surface area contributed by atoms with E-state index >= 15 is 0 Å². The van der Waals surface area contributed by atoms with Crippen molar-refractivity contribution in [1.29, 1.82) is 0 Å². The molecule has 0 spiro atoms. The second-order valence-corrected chi connectivity index (χ2v) is 7.04. The largest absolute Gasteiger partial charge is 0.327 e. The topological polar surface area (TPSA) is 43.8 Å². The van der Waals surface area contributed by atoms with Crippen molar-refractivity contribution in [3.8, 4) is 0 Å². The molecular weight excluding hydrogens is 302 g/mol. The number of hydrogen-bond donors (Lipinski definition) is 1. The van der Waals surface area contributed by atoms with Gasteiger partial charge in [0.1, 0.15) is 0 Å². The van der Waals surface area contributed by atoms with Crippen molar-refractivity contribution >= 4 is 15.9 Å². The van der Waals surface area contributed by atoms with Crippen molar-refractivity contribution in [2.75, 3.05) is 0 Å². The number of rotatable bonds is 4. The lowest BCUT2D eigenvalue weighted by atomic mass is 10.0. The number of aryl methyl sites for hydroxylation is 2. The average molecular weight is 326 g/mol. The highest BCUT2D eigenvalue weighted by Gasteiger charge is 2.53. The monoisotopic (exact) mass is 325 g/mol. The molecule has 3 rings (SSSR count). The Labute approximate surface area is 124 Å². The Hall–Kier alpha value is -0.350. The minimum absolute atomic E-state index is 0.310. The van der Waals surface area contributed by atoms with Crippen LogP contribution in [-0.4, -0.2) is 15.8 Å². The van der Waals surface area contributed by atoms with Gasteiger partial charge in [0.2, 0.25) is 0 Å². The van der Waals surface area contributed by atoms with Crippen LogP contribution >= 0.6 is 15.9 Å². The van der Waals surface area contributed by atoms with E-state index < -0.39 is 0 Å². The average Bonchev–Trinajstić information content (AvgIpc) is 3.08. The highest BCUT2D eigenvalue weighted by atomic mass is 79.9. The van der Waals surface area contributed by atoms with E-state index in [1.807, 2.05) is 11.7 Å². The van der Waals surface area contributed by atoms with Gasteiger partial charge in [0.05, 0.1) is 15.9 Å². The zero-order valence-electron chi connectivity index (χ0n) is 11.9. The van der Waals surface area contributed by atoms with Crippen molar-refractivity contribution in [3.05, 3.63) is 15.9 Å². The minimum Gasteiger partial charge on any atom is -0.327 e. The molecule has 0 radical (unpaired) electrons. The van der Waals surface area contributed by atoms with E-state index in [-0.39, 0.29) is 0 Å². The zero-order chi connectivity index (χ0) is 13.6. The third kappa shape index (κ3) is 2.38. The van der Waals surface area contributed by atoms with Gasteiger partial charge in [0.15, 0.2) is 0 Å². The molecule has 19 heavy (non-hydrogen) atoms.